The Balaban J connectivity index is 0.00000220. The number of aliphatic imine (C=N–C) groups is 1. The molecule has 1 aliphatic heterocycles. The standard InChI is InChI=1S/C13H24N6S.HI/c1-4-14-13(16-11-6-5-7-20-9-11)15-8-12-18-17-10(2)19(12)3;/h11H,4-9H2,1-3H3,(H2,14,15,16);1H. The summed E-state index contributed by atoms with van der Waals surface area (Å²) in [5, 5.41) is 15.0. The number of guanidine groups is 1. The quantitative estimate of drug-likeness (QED) is 0.438. The molecule has 0 bridgehead atoms. The highest BCUT2D eigenvalue weighted by Crippen LogP contribution is 2.16. The monoisotopic (exact) mass is 424 g/mol. The van der Waals surface area contributed by atoms with Crippen molar-refractivity contribution >= 4 is 41.7 Å². The van der Waals surface area contributed by atoms with Gasteiger partial charge in [0.05, 0.1) is 0 Å². The number of nitrogens with zero attached hydrogens (tertiary/aromatic N) is 4. The number of nitrogens with one attached hydrogen (secondary N) is 2. The van der Waals surface area contributed by atoms with Gasteiger partial charge >= 0.3 is 0 Å². The van der Waals surface area contributed by atoms with E-state index in [1.807, 2.05) is 30.3 Å². The van der Waals surface area contributed by atoms with Crippen molar-refractivity contribution in [3.05, 3.63) is 11.6 Å². The van der Waals surface area contributed by atoms with Gasteiger partial charge in [-0.3, -0.25) is 0 Å². The zero-order valence-electron chi connectivity index (χ0n) is 12.9. The maximum atomic E-state index is 4.61. The maximum Gasteiger partial charge on any atom is 0.191 e. The Hall–Kier alpha value is -0.510. The van der Waals surface area contributed by atoms with Crippen LogP contribution in [0.3, 0.4) is 0 Å². The van der Waals surface area contributed by atoms with E-state index in [9.17, 15) is 0 Å². The van der Waals surface area contributed by atoms with Crippen molar-refractivity contribution in [3.8, 4) is 0 Å². The minimum absolute atomic E-state index is 0. The summed E-state index contributed by atoms with van der Waals surface area (Å²) in [6.07, 6.45) is 2.50. The summed E-state index contributed by atoms with van der Waals surface area (Å²) in [5.74, 6) is 5.12. The first kappa shape index (κ1) is 18.5. The zero-order valence-corrected chi connectivity index (χ0v) is 16.1. The number of aromatic nitrogens is 3. The first-order chi connectivity index (χ1) is 9.70. The second kappa shape index (κ2) is 9.50. The molecule has 1 aromatic heterocycles. The molecule has 8 heteroatoms. The fourth-order valence-corrected chi connectivity index (χ4v) is 3.18. The first-order valence-corrected chi connectivity index (χ1v) is 8.33. The maximum absolute atomic E-state index is 4.61. The molecule has 1 aromatic rings. The zero-order chi connectivity index (χ0) is 14.4. The van der Waals surface area contributed by atoms with Gasteiger partial charge in [-0.2, -0.15) is 11.8 Å². The Labute approximate surface area is 148 Å². The van der Waals surface area contributed by atoms with Crippen molar-refractivity contribution < 1.29 is 0 Å². The molecule has 1 unspecified atom stereocenters. The van der Waals surface area contributed by atoms with Crippen molar-refractivity contribution in [2.45, 2.75) is 39.3 Å². The van der Waals surface area contributed by atoms with Gasteiger partial charge in [-0.05, 0) is 32.4 Å². The van der Waals surface area contributed by atoms with Crippen molar-refractivity contribution in [1.82, 2.24) is 25.4 Å². The van der Waals surface area contributed by atoms with E-state index in [2.05, 4.69) is 32.7 Å². The minimum atomic E-state index is 0. The van der Waals surface area contributed by atoms with Crippen LogP contribution in [0.15, 0.2) is 4.99 Å². The van der Waals surface area contributed by atoms with Gasteiger partial charge in [-0.1, -0.05) is 0 Å². The number of hydrogen-bond donors (Lipinski definition) is 2. The van der Waals surface area contributed by atoms with Crippen LogP contribution in [0.1, 0.15) is 31.4 Å². The van der Waals surface area contributed by atoms with Crippen LogP contribution >= 0.6 is 35.7 Å². The molecule has 6 nitrogen and oxygen atoms in total. The lowest BCUT2D eigenvalue weighted by Gasteiger charge is -2.24. The van der Waals surface area contributed by atoms with Crippen LogP contribution in [-0.4, -0.2) is 44.8 Å². The van der Waals surface area contributed by atoms with Gasteiger partial charge in [-0.15, -0.1) is 34.2 Å². The summed E-state index contributed by atoms with van der Waals surface area (Å²) in [7, 11) is 1.97. The van der Waals surface area contributed by atoms with Gasteiger partial charge in [-0.25, -0.2) is 4.99 Å². The molecule has 1 fully saturated rings. The van der Waals surface area contributed by atoms with Gasteiger partial charge in [0, 0.05) is 25.4 Å². The van der Waals surface area contributed by atoms with E-state index in [-0.39, 0.29) is 24.0 Å². The Morgan fingerprint density at radius 3 is 2.86 bits per heavy atom. The molecule has 0 amide bonds. The fraction of sp³-hybridized carbons (Fsp3) is 0.769. The number of aryl methyl sites for hydroxylation is 1. The lowest BCUT2D eigenvalue weighted by atomic mass is 10.2. The van der Waals surface area contributed by atoms with Gasteiger partial charge in [0.25, 0.3) is 0 Å². The second-order valence-corrected chi connectivity index (χ2v) is 6.13. The topological polar surface area (TPSA) is 67.1 Å². The van der Waals surface area contributed by atoms with Crippen LogP contribution < -0.4 is 10.6 Å². The summed E-state index contributed by atoms with van der Waals surface area (Å²) in [5.41, 5.74) is 0. The molecule has 2 heterocycles. The van der Waals surface area contributed by atoms with Crippen LogP contribution in [0.2, 0.25) is 0 Å². The lowest BCUT2D eigenvalue weighted by molar-refractivity contribution is 0.581. The van der Waals surface area contributed by atoms with E-state index in [0.29, 0.717) is 12.6 Å². The summed E-state index contributed by atoms with van der Waals surface area (Å²) in [6, 6.07) is 0.521. The Morgan fingerprint density at radius 2 is 2.29 bits per heavy atom. The van der Waals surface area contributed by atoms with Gasteiger partial charge in [0.15, 0.2) is 11.8 Å². The highest BCUT2D eigenvalue weighted by molar-refractivity contribution is 14.0. The molecule has 0 aromatic carbocycles. The smallest absolute Gasteiger partial charge is 0.191 e. The summed E-state index contributed by atoms with van der Waals surface area (Å²) >= 11 is 2.01. The first-order valence-electron chi connectivity index (χ1n) is 7.18. The highest BCUT2D eigenvalue weighted by Gasteiger charge is 2.15. The molecule has 1 atom stereocenters. The molecule has 120 valence electrons. The summed E-state index contributed by atoms with van der Waals surface area (Å²) in [4.78, 5) is 4.61. The lowest BCUT2D eigenvalue weighted by Crippen LogP contribution is -2.45. The molecule has 0 aliphatic carbocycles. The molecule has 2 rings (SSSR count). The van der Waals surface area contributed by atoms with Crippen LogP contribution in [-0.2, 0) is 13.6 Å². The van der Waals surface area contributed by atoms with Crippen LogP contribution in [0.5, 0.6) is 0 Å². The molecule has 0 saturated carbocycles. The predicted molar refractivity (Wildman–Crippen MR) is 99.5 cm³/mol. The summed E-state index contributed by atoms with van der Waals surface area (Å²) < 4.78 is 1.98. The van der Waals surface area contributed by atoms with Gasteiger partial charge in [0.1, 0.15) is 12.4 Å². The Bertz CT molecular complexity index is 456. The van der Waals surface area contributed by atoms with Crippen LogP contribution in [0.25, 0.3) is 0 Å². The largest absolute Gasteiger partial charge is 0.357 e. The Morgan fingerprint density at radius 1 is 1.48 bits per heavy atom. The highest BCUT2D eigenvalue weighted by atomic mass is 127. The van der Waals surface area contributed by atoms with Crippen molar-refractivity contribution in [1.29, 1.82) is 0 Å². The predicted octanol–water partition coefficient (Wildman–Crippen LogP) is 1.69. The normalized spacial score (nSPS) is 19.0. The number of rotatable bonds is 4. The van der Waals surface area contributed by atoms with Crippen LogP contribution in [0.4, 0.5) is 0 Å². The van der Waals surface area contributed by atoms with Crippen molar-refractivity contribution in [3.63, 3.8) is 0 Å². The number of halogens is 1. The molecule has 1 aliphatic rings. The third-order valence-corrected chi connectivity index (χ3v) is 4.62. The molecule has 0 radical (unpaired) electrons. The van der Waals surface area contributed by atoms with Crippen molar-refractivity contribution in [2.75, 3.05) is 18.1 Å². The average molecular weight is 424 g/mol. The number of hydrogen-bond acceptors (Lipinski definition) is 4. The number of thioether (sulfide) groups is 1. The van der Waals surface area contributed by atoms with E-state index >= 15 is 0 Å². The van der Waals surface area contributed by atoms with E-state index in [1.54, 1.807) is 0 Å². The SMILES string of the molecule is CCNC(=NCc1nnc(C)n1C)NC1CCCSC1.I. The van der Waals surface area contributed by atoms with E-state index in [0.717, 1.165) is 29.9 Å². The fourth-order valence-electron chi connectivity index (χ4n) is 2.11. The Kier molecular flexibility index (Phi) is 8.38. The van der Waals surface area contributed by atoms with Gasteiger partial charge in [0.2, 0.25) is 0 Å². The average Bonchev–Trinajstić information content (AvgIpc) is 2.78. The van der Waals surface area contributed by atoms with E-state index in [4.69, 9.17) is 0 Å². The molecule has 0 spiro atoms. The van der Waals surface area contributed by atoms with Gasteiger partial charge < -0.3 is 15.2 Å². The minimum Gasteiger partial charge on any atom is -0.357 e. The molecule has 1 saturated heterocycles. The third-order valence-electron chi connectivity index (χ3n) is 3.41. The molecular formula is C13H25IN6S. The van der Waals surface area contributed by atoms with E-state index in [1.165, 1.54) is 18.6 Å². The van der Waals surface area contributed by atoms with Crippen LogP contribution in [0, 0.1) is 6.92 Å². The second-order valence-electron chi connectivity index (χ2n) is 4.98. The molecule has 2 N–H and O–H groups in total. The summed E-state index contributed by atoms with van der Waals surface area (Å²) in [6.45, 7) is 5.44. The molecular weight excluding hydrogens is 399 g/mol. The molecule has 21 heavy (non-hydrogen) atoms. The van der Waals surface area contributed by atoms with E-state index < -0.39 is 0 Å². The van der Waals surface area contributed by atoms with Crippen molar-refractivity contribution in [2.24, 2.45) is 12.0 Å². The third kappa shape index (κ3) is 5.65.